The zero-order chi connectivity index (χ0) is 13.1. The summed E-state index contributed by atoms with van der Waals surface area (Å²) in [5.74, 6) is 0.947. The van der Waals surface area contributed by atoms with Gasteiger partial charge in [0.1, 0.15) is 5.75 Å². The van der Waals surface area contributed by atoms with Gasteiger partial charge in [0.05, 0.1) is 7.11 Å². The van der Waals surface area contributed by atoms with E-state index >= 15 is 0 Å². The van der Waals surface area contributed by atoms with E-state index in [1.165, 1.54) is 11.3 Å². The second-order valence-electron chi connectivity index (χ2n) is 5.34. The van der Waals surface area contributed by atoms with Crippen LogP contribution >= 0.6 is 0 Å². The van der Waals surface area contributed by atoms with Crippen LogP contribution in [0.5, 0.6) is 5.75 Å². The molecule has 0 fully saturated rings. The number of hydrogen-bond donors (Lipinski definition) is 1. The molecule has 3 heteroatoms. The lowest BCUT2D eigenvalue weighted by atomic mass is 9.86. The summed E-state index contributed by atoms with van der Waals surface area (Å²) in [5.41, 5.74) is 8.06. The van der Waals surface area contributed by atoms with Gasteiger partial charge in [0, 0.05) is 31.4 Å². The predicted molar refractivity (Wildman–Crippen MR) is 74.0 cm³/mol. The molecule has 0 saturated heterocycles. The number of benzene rings is 1. The van der Waals surface area contributed by atoms with Gasteiger partial charge >= 0.3 is 0 Å². The Hall–Kier alpha value is -1.22. The maximum atomic E-state index is 5.58. The van der Waals surface area contributed by atoms with E-state index in [2.05, 4.69) is 44.9 Å². The first kappa shape index (κ1) is 13.8. The van der Waals surface area contributed by atoms with Crippen LogP contribution in [0, 0.1) is 0 Å². The normalized spacial score (nSPS) is 11.4. The fourth-order valence-corrected chi connectivity index (χ4v) is 1.84. The van der Waals surface area contributed by atoms with Crippen LogP contribution in [0.1, 0.15) is 26.3 Å². The minimum Gasteiger partial charge on any atom is -0.496 e. The molecule has 0 spiro atoms. The highest BCUT2D eigenvalue weighted by atomic mass is 16.5. The van der Waals surface area contributed by atoms with E-state index in [0.717, 1.165) is 12.3 Å². The molecule has 1 aromatic carbocycles. The number of hydrogen-bond acceptors (Lipinski definition) is 3. The van der Waals surface area contributed by atoms with Crippen LogP contribution in [-0.2, 0) is 5.41 Å². The van der Waals surface area contributed by atoms with Gasteiger partial charge in [-0.15, -0.1) is 0 Å². The first-order chi connectivity index (χ1) is 7.90. The van der Waals surface area contributed by atoms with Crippen LogP contribution in [0.15, 0.2) is 18.2 Å². The van der Waals surface area contributed by atoms with E-state index in [4.69, 9.17) is 10.5 Å². The van der Waals surface area contributed by atoms with Gasteiger partial charge in [0.2, 0.25) is 0 Å². The van der Waals surface area contributed by atoms with Gasteiger partial charge in [-0.2, -0.15) is 0 Å². The lowest BCUT2D eigenvalue weighted by Crippen LogP contribution is -2.25. The van der Waals surface area contributed by atoms with Crippen molar-refractivity contribution in [3.05, 3.63) is 23.8 Å². The molecular weight excluding hydrogens is 212 g/mol. The van der Waals surface area contributed by atoms with Crippen molar-refractivity contribution in [2.24, 2.45) is 5.73 Å². The fraction of sp³-hybridized carbons (Fsp3) is 0.571. The van der Waals surface area contributed by atoms with Gasteiger partial charge in [0.15, 0.2) is 0 Å². The molecule has 0 atom stereocenters. The third-order valence-electron chi connectivity index (χ3n) is 2.90. The van der Waals surface area contributed by atoms with Crippen molar-refractivity contribution < 1.29 is 4.74 Å². The van der Waals surface area contributed by atoms with Crippen LogP contribution in [0.25, 0.3) is 0 Å². The molecule has 1 aromatic rings. The summed E-state index contributed by atoms with van der Waals surface area (Å²) in [6.07, 6.45) is 0. The zero-order valence-corrected chi connectivity index (χ0v) is 11.6. The molecule has 17 heavy (non-hydrogen) atoms. The number of likely N-dealkylation sites (N-methyl/N-ethyl adjacent to an activating group) is 1. The average Bonchev–Trinajstić information content (AvgIpc) is 2.27. The Bertz CT molecular complexity index is 369. The van der Waals surface area contributed by atoms with Crippen molar-refractivity contribution in [2.45, 2.75) is 26.2 Å². The third kappa shape index (κ3) is 3.37. The number of nitrogens with zero attached hydrogens (tertiary/aromatic N) is 1. The smallest absolute Gasteiger partial charge is 0.122 e. The van der Waals surface area contributed by atoms with Gasteiger partial charge in [0.25, 0.3) is 0 Å². The summed E-state index contributed by atoms with van der Waals surface area (Å²) in [7, 11) is 3.77. The van der Waals surface area contributed by atoms with Gasteiger partial charge in [-0.3, -0.25) is 0 Å². The lowest BCUT2D eigenvalue weighted by Gasteiger charge is -2.26. The molecule has 3 nitrogen and oxygen atoms in total. The van der Waals surface area contributed by atoms with E-state index in [-0.39, 0.29) is 5.41 Å². The van der Waals surface area contributed by atoms with E-state index < -0.39 is 0 Å². The summed E-state index contributed by atoms with van der Waals surface area (Å²) in [5, 5.41) is 0. The SMILES string of the molecule is COc1ccc(N(C)CCN)cc1C(C)(C)C. The molecule has 0 unspecified atom stereocenters. The van der Waals surface area contributed by atoms with Crippen LogP contribution in [-0.4, -0.2) is 27.2 Å². The summed E-state index contributed by atoms with van der Waals surface area (Å²) in [4.78, 5) is 2.16. The Kier molecular flexibility index (Phi) is 4.40. The van der Waals surface area contributed by atoms with Crippen molar-refractivity contribution in [3.63, 3.8) is 0 Å². The molecule has 2 N–H and O–H groups in total. The van der Waals surface area contributed by atoms with Crippen molar-refractivity contribution >= 4 is 5.69 Å². The summed E-state index contributed by atoms with van der Waals surface area (Å²) in [6, 6.07) is 6.29. The summed E-state index contributed by atoms with van der Waals surface area (Å²) < 4.78 is 5.42. The number of rotatable bonds is 4. The standard InChI is InChI=1S/C14H24N2O/c1-14(2,3)12-10-11(16(4)9-8-15)6-7-13(12)17-5/h6-7,10H,8-9,15H2,1-5H3. The lowest BCUT2D eigenvalue weighted by molar-refractivity contribution is 0.397. The molecule has 0 heterocycles. The van der Waals surface area contributed by atoms with Crippen LogP contribution in [0.4, 0.5) is 5.69 Å². The molecule has 96 valence electrons. The van der Waals surface area contributed by atoms with E-state index in [0.29, 0.717) is 6.54 Å². The molecule has 0 aliphatic rings. The number of anilines is 1. The van der Waals surface area contributed by atoms with Crippen LogP contribution in [0.2, 0.25) is 0 Å². The third-order valence-corrected chi connectivity index (χ3v) is 2.90. The molecule has 1 rings (SSSR count). The highest BCUT2D eigenvalue weighted by molar-refractivity contribution is 5.54. The van der Waals surface area contributed by atoms with Gasteiger partial charge in [-0.05, 0) is 23.6 Å². The van der Waals surface area contributed by atoms with Crippen molar-refractivity contribution in [2.75, 3.05) is 32.1 Å². The Morgan fingerprint density at radius 2 is 1.94 bits per heavy atom. The number of methoxy groups -OCH3 is 1. The number of ether oxygens (including phenoxy) is 1. The Balaban J connectivity index is 3.13. The fourth-order valence-electron chi connectivity index (χ4n) is 1.84. The highest BCUT2D eigenvalue weighted by Crippen LogP contribution is 2.34. The van der Waals surface area contributed by atoms with E-state index in [9.17, 15) is 0 Å². The summed E-state index contributed by atoms with van der Waals surface area (Å²) >= 11 is 0. The highest BCUT2D eigenvalue weighted by Gasteiger charge is 2.19. The summed E-state index contributed by atoms with van der Waals surface area (Å²) in [6.45, 7) is 8.09. The van der Waals surface area contributed by atoms with Gasteiger partial charge in [-0.1, -0.05) is 20.8 Å². The first-order valence-corrected chi connectivity index (χ1v) is 6.00. The quantitative estimate of drug-likeness (QED) is 0.872. The minimum atomic E-state index is 0.0743. The minimum absolute atomic E-state index is 0.0743. The topological polar surface area (TPSA) is 38.5 Å². The molecule has 0 aliphatic heterocycles. The molecule has 0 saturated carbocycles. The molecule has 0 aromatic heterocycles. The Morgan fingerprint density at radius 3 is 2.41 bits per heavy atom. The molecule has 0 bridgehead atoms. The zero-order valence-electron chi connectivity index (χ0n) is 11.6. The second-order valence-corrected chi connectivity index (χ2v) is 5.34. The van der Waals surface area contributed by atoms with E-state index in [1.807, 2.05) is 6.07 Å². The van der Waals surface area contributed by atoms with E-state index in [1.54, 1.807) is 7.11 Å². The van der Waals surface area contributed by atoms with Crippen molar-refractivity contribution in [1.82, 2.24) is 0 Å². The van der Waals surface area contributed by atoms with Crippen molar-refractivity contribution in [1.29, 1.82) is 0 Å². The maximum absolute atomic E-state index is 5.58. The molecular formula is C14H24N2O. The second kappa shape index (κ2) is 5.41. The van der Waals surface area contributed by atoms with Crippen LogP contribution < -0.4 is 15.4 Å². The van der Waals surface area contributed by atoms with Crippen LogP contribution in [0.3, 0.4) is 0 Å². The largest absolute Gasteiger partial charge is 0.496 e. The van der Waals surface area contributed by atoms with Crippen molar-refractivity contribution in [3.8, 4) is 5.75 Å². The maximum Gasteiger partial charge on any atom is 0.122 e. The Morgan fingerprint density at radius 1 is 1.29 bits per heavy atom. The average molecular weight is 236 g/mol. The molecule has 0 aliphatic carbocycles. The predicted octanol–water partition coefficient (Wildman–Crippen LogP) is 2.39. The Labute approximate surface area is 105 Å². The van der Waals surface area contributed by atoms with Gasteiger partial charge in [-0.25, -0.2) is 0 Å². The first-order valence-electron chi connectivity index (χ1n) is 6.00. The monoisotopic (exact) mass is 236 g/mol. The molecule has 0 amide bonds. The number of nitrogens with two attached hydrogens (primary N) is 1. The molecule has 0 radical (unpaired) electrons. The van der Waals surface area contributed by atoms with Gasteiger partial charge < -0.3 is 15.4 Å².